The molecule has 0 saturated carbocycles. The minimum absolute atomic E-state index is 0.580. The van der Waals surface area contributed by atoms with E-state index in [-0.39, 0.29) is 0 Å². The Hall–Kier alpha value is -4.28. The van der Waals surface area contributed by atoms with Crippen molar-refractivity contribution < 1.29 is 0 Å². The first kappa shape index (κ1) is 22.0. The summed E-state index contributed by atoms with van der Waals surface area (Å²) >= 11 is 0. The summed E-state index contributed by atoms with van der Waals surface area (Å²) in [7, 11) is 0. The van der Waals surface area contributed by atoms with Crippen LogP contribution in [0.4, 0.5) is 0 Å². The smallest absolute Gasteiger partial charge is 0.0973 e. The maximum atomic E-state index is 5.04. The molecule has 1 N–H and O–H groups in total. The number of hydrogen-bond acceptors (Lipinski definition) is 3. The maximum absolute atomic E-state index is 5.04. The van der Waals surface area contributed by atoms with Gasteiger partial charge in [-0.1, -0.05) is 84.9 Å². The van der Waals surface area contributed by atoms with Gasteiger partial charge in [-0.25, -0.2) is 9.97 Å². The van der Waals surface area contributed by atoms with E-state index in [4.69, 9.17) is 9.97 Å². The lowest BCUT2D eigenvalue weighted by Crippen LogP contribution is -2.19. The highest BCUT2D eigenvalue weighted by Gasteiger charge is 2.25. The molecule has 1 aliphatic heterocycles. The van der Waals surface area contributed by atoms with Gasteiger partial charge in [0, 0.05) is 41.3 Å². The second-order valence-corrected chi connectivity index (χ2v) is 9.98. The zero-order valence-corrected chi connectivity index (χ0v) is 20.6. The first-order valence-corrected chi connectivity index (χ1v) is 13.0. The number of aromatic amines is 1. The molecule has 0 aliphatic carbocycles. The van der Waals surface area contributed by atoms with Crippen LogP contribution in [0, 0.1) is 0 Å². The molecule has 0 bridgehead atoms. The number of nitrogens with one attached hydrogen (secondary N) is 1. The lowest BCUT2D eigenvalue weighted by Gasteiger charge is -2.17. The van der Waals surface area contributed by atoms with E-state index in [1.54, 1.807) is 0 Å². The first-order valence-electron chi connectivity index (χ1n) is 13.0. The van der Waals surface area contributed by atoms with Crippen molar-refractivity contribution in [3.8, 4) is 22.5 Å². The number of rotatable bonds is 5. The highest BCUT2D eigenvalue weighted by Crippen LogP contribution is 2.34. The molecule has 1 aliphatic rings. The van der Waals surface area contributed by atoms with Crippen LogP contribution in [0.1, 0.15) is 23.5 Å². The van der Waals surface area contributed by atoms with Crippen molar-refractivity contribution in [2.24, 2.45) is 0 Å². The van der Waals surface area contributed by atoms with Crippen LogP contribution in [-0.4, -0.2) is 32.9 Å². The molecule has 4 heteroatoms. The molecule has 4 nitrogen and oxygen atoms in total. The van der Waals surface area contributed by atoms with Gasteiger partial charge in [0.05, 0.1) is 22.4 Å². The number of fused-ring (bicyclic) bond motifs is 2. The largest absolute Gasteiger partial charge is 0.361 e. The van der Waals surface area contributed by atoms with Gasteiger partial charge < -0.3 is 4.98 Å². The minimum atomic E-state index is 0.580. The summed E-state index contributed by atoms with van der Waals surface area (Å²) in [5, 5.41) is 1.37. The summed E-state index contributed by atoms with van der Waals surface area (Å²) < 4.78 is 0. The standard InChI is InChI=1S/C33H28N4/c1-2-8-24(9-3-1)32-33(36-31-13-7-6-12-30(31)35-32)25-16-14-23(15-17-25)21-37-19-18-26(22-37)28-20-34-29-11-5-4-10-27(28)29/h1-17,20,26,34H,18-19,21-22H2. The molecular weight excluding hydrogens is 452 g/mol. The molecule has 0 spiro atoms. The molecular formula is C33H28N4. The van der Waals surface area contributed by atoms with Crippen molar-refractivity contribution in [1.82, 2.24) is 19.9 Å². The Kier molecular flexibility index (Phi) is 5.52. The summed E-state index contributed by atoms with van der Waals surface area (Å²) in [6.07, 6.45) is 3.41. The third kappa shape index (κ3) is 4.20. The van der Waals surface area contributed by atoms with E-state index in [9.17, 15) is 0 Å². The fourth-order valence-electron chi connectivity index (χ4n) is 5.69. The first-order chi connectivity index (χ1) is 18.3. The van der Waals surface area contributed by atoms with Gasteiger partial charge in [-0.3, -0.25) is 4.90 Å². The van der Waals surface area contributed by atoms with Crippen molar-refractivity contribution in [1.29, 1.82) is 0 Å². The number of para-hydroxylation sites is 3. The Bertz CT molecular complexity index is 1690. The van der Waals surface area contributed by atoms with Crippen LogP contribution in [-0.2, 0) is 6.54 Å². The van der Waals surface area contributed by atoms with Gasteiger partial charge in [0.2, 0.25) is 0 Å². The van der Waals surface area contributed by atoms with Crippen LogP contribution >= 0.6 is 0 Å². The topological polar surface area (TPSA) is 44.8 Å². The zero-order chi connectivity index (χ0) is 24.6. The van der Waals surface area contributed by atoms with Gasteiger partial charge in [-0.2, -0.15) is 0 Å². The molecule has 180 valence electrons. The van der Waals surface area contributed by atoms with E-state index in [1.807, 2.05) is 30.3 Å². The van der Waals surface area contributed by atoms with E-state index in [0.29, 0.717) is 5.92 Å². The summed E-state index contributed by atoms with van der Waals surface area (Å²) in [5.41, 5.74) is 9.89. The Balaban J connectivity index is 1.14. The predicted molar refractivity (Wildman–Crippen MR) is 151 cm³/mol. The number of H-pyrrole nitrogens is 1. The van der Waals surface area contributed by atoms with Crippen molar-refractivity contribution in [3.63, 3.8) is 0 Å². The van der Waals surface area contributed by atoms with Gasteiger partial charge in [0.25, 0.3) is 0 Å². The second kappa shape index (κ2) is 9.30. The van der Waals surface area contributed by atoms with Crippen molar-refractivity contribution >= 4 is 21.9 Å². The highest BCUT2D eigenvalue weighted by molar-refractivity contribution is 5.86. The van der Waals surface area contributed by atoms with Crippen LogP contribution in [0.15, 0.2) is 109 Å². The number of nitrogens with zero attached hydrogens (tertiary/aromatic N) is 3. The molecule has 4 aromatic carbocycles. The van der Waals surface area contributed by atoms with Crippen LogP contribution in [0.3, 0.4) is 0 Å². The van der Waals surface area contributed by atoms with E-state index in [1.165, 1.54) is 28.5 Å². The molecule has 1 saturated heterocycles. The van der Waals surface area contributed by atoms with Gasteiger partial charge in [0.15, 0.2) is 0 Å². The Morgan fingerprint density at radius 1 is 0.703 bits per heavy atom. The van der Waals surface area contributed by atoms with E-state index in [2.05, 4.69) is 88.9 Å². The quantitative estimate of drug-likeness (QED) is 0.279. The van der Waals surface area contributed by atoms with E-state index < -0.39 is 0 Å². The molecule has 6 aromatic rings. The highest BCUT2D eigenvalue weighted by atomic mass is 15.1. The van der Waals surface area contributed by atoms with E-state index in [0.717, 1.165) is 53.2 Å². The van der Waals surface area contributed by atoms with Crippen LogP contribution < -0.4 is 0 Å². The SMILES string of the molecule is c1ccc(-c2nc3ccccc3nc2-c2ccc(CN3CCC(c4c[nH]c5ccccc45)C3)cc2)cc1. The predicted octanol–water partition coefficient (Wildman–Crippen LogP) is 7.43. The lowest BCUT2D eigenvalue weighted by atomic mass is 9.98. The number of likely N-dealkylation sites (tertiary alicyclic amines) is 1. The maximum Gasteiger partial charge on any atom is 0.0973 e. The fraction of sp³-hybridized carbons (Fsp3) is 0.152. The monoisotopic (exact) mass is 480 g/mol. The van der Waals surface area contributed by atoms with Crippen LogP contribution in [0.25, 0.3) is 44.5 Å². The third-order valence-corrected chi connectivity index (χ3v) is 7.58. The van der Waals surface area contributed by atoms with Gasteiger partial charge >= 0.3 is 0 Å². The number of aromatic nitrogens is 3. The Morgan fingerprint density at radius 3 is 2.11 bits per heavy atom. The third-order valence-electron chi connectivity index (χ3n) is 7.58. The minimum Gasteiger partial charge on any atom is -0.361 e. The lowest BCUT2D eigenvalue weighted by molar-refractivity contribution is 0.327. The number of hydrogen-bond donors (Lipinski definition) is 1. The van der Waals surface area contributed by atoms with Crippen LogP contribution in [0.2, 0.25) is 0 Å². The molecule has 3 heterocycles. The fourth-order valence-corrected chi connectivity index (χ4v) is 5.69. The van der Waals surface area contributed by atoms with Gasteiger partial charge in [0.1, 0.15) is 0 Å². The van der Waals surface area contributed by atoms with E-state index >= 15 is 0 Å². The Morgan fingerprint density at radius 2 is 1.35 bits per heavy atom. The van der Waals surface area contributed by atoms with Gasteiger partial charge in [-0.05, 0) is 48.2 Å². The molecule has 1 unspecified atom stereocenters. The van der Waals surface area contributed by atoms with Crippen molar-refractivity contribution in [3.05, 3.63) is 120 Å². The Labute approximate surface area is 216 Å². The molecule has 2 aromatic heterocycles. The summed E-state index contributed by atoms with van der Waals surface area (Å²) in [6, 6.07) is 36.0. The summed E-state index contributed by atoms with van der Waals surface area (Å²) in [6.45, 7) is 3.19. The average molecular weight is 481 g/mol. The van der Waals surface area contributed by atoms with Crippen molar-refractivity contribution in [2.45, 2.75) is 18.9 Å². The molecule has 1 fully saturated rings. The molecule has 7 rings (SSSR count). The second-order valence-electron chi connectivity index (χ2n) is 9.98. The number of benzene rings is 4. The van der Waals surface area contributed by atoms with Crippen LogP contribution in [0.5, 0.6) is 0 Å². The molecule has 0 radical (unpaired) electrons. The normalized spacial score (nSPS) is 16.1. The van der Waals surface area contributed by atoms with Crippen molar-refractivity contribution in [2.75, 3.05) is 13.1 Å². The molecule has 37 heavy (non-hydrogen) atoms. The average Bonchev–Trinajstić information content (AvgIpc) is 3.60. The molecule has 1 atom stereocenters. The molecule has 0 amide bonds. The summed E-state index contributed by atoms with van der Waals surface area (Å²) in [5.74, 6) is 0.580. The zero-order valence-electron chi connectivity index (χ0n) is 20.6. The summed E-state index contributed by atoms with van der Waals surface area (Å²) in [4.78, 5) is 16.1. The van der Waals surface area contributed by atoms with Gasteiger partial charge in [-0.15, -0.1) is 0 Å².